The molecule has 0 atom stereocenters. The molecule has 0 aliphatic heterocycles. The minimum atomic E-state index is -0.000324. The monoisotopic (exact) mass is 271 g/mol. The molecule has 0 amide bonds. The van der Waals surface area contributed by atoms with Gasteiger partial charge in [-0.05, 0) is 23.9 Å². The molecule has 0 N–H and O–H groups in total. The Kier molecular flexibility index (Phi) is 3.13. The predicted molar refractivity (Wildman–Crippen MR) is 75.6 cm³/mol. The van der Waals surface area contributed by atoms with Crippen LogP contribution in [0.5, 0.6) is 0 Å². The van der Waals surface area contributed by atoms with Gasteiger partial charge in [-0.2, -0.15) is 0 Å². The van der Waals surface area contributed by atoms with E-state index < -0.39 is 0 Å². The first-order valence-electron chi connectivity index (χ1n) is 6.21. The lowest BCUT2D eigenvalue weighted by atomic mass is 10.2. The summed E-state index contributed by atoms with van der Waals surface area (Å²) >= 11 is 1.51. The fraction of sp³-hybridized carbons (Fsp3) is 0.214. The van der Waals surface area contributed by atoms with Crippen molar-refractivity contribution in [2.24, 2.45) is 0 Å². The number of ketones is 1. The van der Waals surface area contributed by atoms with Crippen LogP contribution in [0.25, 0.3) is 10.1 Å². The molecule has 2 heterocycles. The zero-order valence-corrected chi connectivity index (χ0v) is 11.4. The van der Waals surface area contributed by atoms with Crippen molar-refractivity contribution >= 4 is 27.2 Å². The zero-order valence-electron chi connectivity index (χ0n) is 10.5. The maximum atomic E-state index is 12.5. The van der Waals surface area contributed by atoms with E-state index in [2.05, 4.69) is 17.2 Å². The van der Waals surface area contributed by atoms with Gasteiger partial charge in [0.15, 0.2) is 0 Å². The standard InChI is InChI=1S/C14H13N3OS/c1-2-7-17-11(9-15-16-17)14(18)13-8-10-5-3-4-6-12(10)19-13/h3-6,8-9H,2,7H2,1H3. The summed E-state index contributed by atoms with van der Waals surface area (Å²) in [6.45, 7) is 2.77. The van der Waals surface area contributed by atoms with Gasteiger partial charge in [-0.3, -0.25) is 4.79 Å². The number of carbonyl (C=O) groups is 1. The predicted octanol–water partition coefficient (Wildman–Crippen LogP) is 3.13. The van der Waals surface area contributed by atoms with E-state index in [1.54, 1.807) is 10.9 Å². The molecule has 5 heteroatoms. The molecule has 96 valence electrons. The summed E-state index contributed by atoms with van der Waals surface area (Å²) in [5, 5.41) is 8.90. The Bertz CT molecular complexity index is 696. The van der Waals surface area contributed by atoms with Crippen molar-refractivity contribution in [1.29, 1.82) is 0 Å². The van der Waals surface area contributed by atoms with Crippen molar-refractivity contribution in [2.45, 2.75) is 19.9 Å². The number of carbonyl (C=O) groups excluding carboxylic acids is 1. The third kappa shape index (κ3) is 2.17. The van der Waals surface area contributed by atoms with Crippen LogP contribution in [-0.4, -0.2) is 20.8 Å². The van der Waals surface area contributed by atoms with Crippen LogP contribution < -0.4 is 0 Å². The number of nitrogens with zero attached hydrogens (tertiary/aromatic N) is 3. The first kappa shape index (κ1) is 12.0. The number of thiophene rings is 1. The number of benzene rings is 1. The van der Waals surface area contributed by atoms with Crippen molar-refractivity contribution in [3.63, 3.8) is 0 Å². The minimum absolute atomic E-state index is 0.000324. The molecule has 19 heavy (non-hydrogen) atoms. The summed E-state index contributed by atoms with van der Waals surface area (Å²) in [7, 11) is 0. The Balaban J connectivity index is 2.01. The van der Waals surface area contributed by atoms with Gasteiger partial charge < -0.3 is 0 Å². The van der Waals surface area contributed by atoms with Crippen LogP contribution in [-0.2, 0) is 6.54 Å². The van der Waals surface area contributed by atoms with Gasteiger partial charge in [0, 0.05) is 11.2 Å². The topological polar surface area (TPSA) is 47.8 Å². The number of hydrogen-bond donors (Lipinski definition) is 0. The van der Waals surface area contributed by atoms with E-state index in [9.17, 15) is 4.79 Å². The van der Waals surface area contributed by atoms with E-state index in [0.717, 1.165) is 21.4 Å². The molecule has 0 saturated carbocycles. The molecule has 0 aliphatic rings. The van der Waals surface area contributed by atoms with Crippen LogP contribution in [0.2, 0.25) is 0 Å². The van der Waals surface area contributed by atoms with Gasteiger partial charge in [0.05, 0.1) is 11.1 Å². The van der Waals surface area contributed by atoms with Gasteiger partial charge in [-0.15, -0.1) is 16.4 Å². The molecular formula is C14H13N3OS. The molecule has 0 unspecified atom stereocenters. The van der Waals surface area contributed by atoms with Crippen molar-refractivity contribution in [3.8, 4) is 0 Å². The molecule has 0 radical (unpaired) electrons. The smallest absolute Gasteiger partial charge is 0.222 e. The fourth-order valence-electron chi connectivity index (χ4n) is 2.03. The minimum Gasteiger partial charge on any atom is -0.286 e. The molecule has 0 saturated heterocycles. The average molecular weight is 271 g/mol. The number of aromatic nitrogens is 3. The molecule has 0 spiro atoms. The van der Waals surface area contributed by atoms with Crippen LogP contribution in [0.15, 0.2) is 36.5 Å². The van der Waals surface area contributed by atoms with Gasteiger partial charge in [-0.1, -0.05) is 30.3 Å². The molecule has 3 rings (SSSR count). The molecule has 2 aromatic heterocycles. The first-order valence-corrected chi connectivity index (χ1v) is 7.03. The third-order valence-corrected chi connectivity index (χ3v) is 4.05. The zero-order chi connectivity index (χ0) is 13.2. The Morgan fingerprint density at radius 1 is 1.37 bits per heavy atom. The molecule has 0 aliphatic carbocycles. The summed E-state index contributed by atoms with van der Waals surface area (Å²) in [4.78, 5) is 13.2. The van der Waals surface area contributed by atoms with E-state index >= 15 is 0 Å². The molecule has 0 fully saturated rings. The number of hydrogen-bond acceptors (Lipinski definition) is 4. The first-order chi connectivity index (χ1) is 9.29. The van der Waals surface area contributed by atoms with Crippen molar-refractivity contribution < 1.29 is 4.79 Å². The highest BCUT2D eigenvalue weighted by atomic mass is 32.1. The van der Waals surface area contributed by atoms with Crippen LogP contribution >= 0.6 is 11.3 Å². The van der Waals surface area contributed by atoms with Crippen LogP contribution in [0.1, 0.15) is 28.7 Å². The van der Waals surface area contributed by atoms with E-state index in [1.165, 1.54) is 11.3 Å². The van der Waals surface area contributed by atoms with Crippen LogP contribution in [0, 0.1) is 0 Å². The van der Waals surface area contributed by atoms with E-state index in [-0.39, 0.29) is 5.78 Å². The maximum absolute atomic E-state index is 12.5. The Morgan fingerprint density at radius 3 is 3.00 bits per heavy atom. The highest BCUT2D eigenvalue weighted by Gasteiger charge is 2.17. The summed E-state index contributed by atoms with van der Waals surface area (Å²) in [5.41, 5.74) is 0.563. The van der Waals surface area contributed by atoms with Crippen LogP contribution in [0.4, 0.5) is 0 Å². The van der Waals surface area contributed by atoms with Gasteiger partial charge in [-0.25, -0.2) is 4.68 Å². The Labute approximate surface area is 114 Å². The van der Waals surface area contributed by atoms with Crippen molar-refractivity contribution in [2.75, 3.05) is 0 Å². The Hall–Kier alpha value is -2.01. The lowest BCUT2D eigenvalue weighted by Gasteiger charge is -2.01. The number of rotatable bonds is 4. The van der Waals surface area contributed by atoms with Gasteiger partial charge >= 0.3 is 0 Å². The van der Waals surface area contributed by atoms with Crippen LogP contribution in [0.3, 0.4) is 0 Å². The molecule has 1 aromatic carbocycles. The van der Waals surface area contributed by atoms with E-state index in [4.69, 9.17) is 0 Å². The van der Waals surface area contributed by atoms with Gasteiger partial charge in [0.1, 0.15) is 5.69 Å². The van der Waals surface area contributed by atoms with E-state index in [1.807, 2.05) is 30.3 Å². The Morgan fingerprint density at radius 2 is 2.21 bits per heavy atom. The van der Waals surface area contributed by atoms with E-state index in [0.29, 0.717) is 12.2 Å². The lowest BCUT2D eigenvalue weighted by Crippen LogP contribution is -2.10. The molecular weight excluding hydrogens is 258 g/mol. The average Bonchev–Trinajstić information content (AvgIpc) is 3.04. The van der Waals surface area contributed by atoms with Crippen molar-refractivity contribution in [1.82, 2.24) is 15.0 Å². The second kappa shape index (κ2) is 4.93. The lowest BCUT2D eigenvalue weighted by molar-refractivity contribution is 0.103. The number of fused-ring (bicyclic) bond motifs is 1. The molecule has 0 bridgehead atoms. The quantitative estimate of drug-likeness (QED) is 0.685. The third-order valence-electron chi connectivity index (χ3n) is 2.94. The highest BCUT2D eigenvalue weighted by molar-refractivity contribution is 7.21. The highest BCUT2D eigenvalue weighted by Crippen LogP contribution is 2.26. The summed E-state index contributed by atoms with van der Waals surface area (Å²) < 4.78 is 2.80. The number of aryl methyl sites for hydroxylation is 1. The second-order valence-corrected chi connectivity index (χ2v) is 5.40. The normalized spacial score (nSPS) is 11.0. The second-order valence-electron chi connectivity index (χ2n) is 4.32. The molecule has 4 nitrogen and oxygen atoms in total. The summed E-state index contributed by atoms with van der Waals surface area (Å²) in [6, 6.07) is 9.94. The van der Waals surface area contributed by atoms with Crippen molar-refractivity contribution in [3.05, 3.63) is 47.1 Å². The fourth-order valence-corrected chi connectivity index (χ4v) is 3.04. The SMILES string of the molecule is CCCn1nncc1C(=O)c1cc2ccccc2s1. The van der Waals surface area contributed by atoms with Gasteiger partial charge in [0.2, 0.25) is 5.78 Å². The maximum Gasteiger partial charge on any atom is 0.222 e. The molecule has 3 aromatic rings. The summed E-state index contributed by atoms with van der Waals surface area (Å²) in [5.74, 6) is -0.000324. The van der Waals surface area contributed by atoms with Gasteiger partial charge in [0.25, 0.3) is 0 Å². The summed E-state index contributed by atoms with van der Waals surface area (Å²) in [6.07, 6.45) is 2.47. The largest absolute Gasteiger partial charge is 0.286 e.